The van der Waals surface area contributed by atoms with Gasteiger partial charge in [-0.05, 0) is 14.1 Å². The Morgan fingerprint density at radius 1 is 1.50 bits per heavy atom. The molecule has 1 aliphatic heterocycles. The van der Waals surface area contributed by atoms with Gasteiger partial charge in [0.2, 0.25) is 0 Å². The minimum Gasteiger partial charge on any atom is -0.394 e. The molecule has 0 aliphatic carbocycles. The molecule has 0 radical (unpaired) electrons. The summed E-state index contributed by atoms with van der Waals surface area (Å²) in [6, 6.07) is 0. The predicted molar refractivity (Wildman–Crippen MR) is 70.3 cm³/mol. The van der Waals surface area contributed by atoms with Crippen molar-refractivity contribution in [2.75, 3.05) is 20.7 Å². The van der Waals surface area contributed by atoms with Gasteiger partial charge >= 0.3 is 5.69 Å². The van der Waals surface area contributed by atoms with E-state index in [1.807, 2.05) is 14.1 Å². The fourth-order valence-corrected chi connectivity index (χ4v) is 2.24. The molecule has 8 heteroatoms. The molecule has 1 fully saturated rings. The van der Waals surface area contributed by atoms with E-state index in [-0.39, 0.29) is 13.0 Å². The van der Waals surface area contributed by atoms with E-state index in [0.717, 1.165) is 0 Å². The zero-order valence-electron chi connectivity index (χ0n) is 11.4. The maximum atomic E-state index is 11.8. The zero-order valence-corrected chi connectivity index (χ0v) is 11.4. The molecule has 2 rings (SSSR count). The Labute approximate surface area is 115 Å². The molecule has 2 heterocycles. The van der Waals surface area contributed by atoms with Gasteiger partial charge in [0.15, 0.2) is 0 Å². The van der Waals surface area contributed by atoms with Crippen molar-refractivity contribution in [3.63, 3.8) is 0 Å². The van der Waals surface area contributed by atoms with Gasteiger partial charge in [-0.3, -0.25) is 14.3 Å². The van der Waals surface area contributed by atoms with Crippen LogP contribution in [0, 0.1) is 0 Å². The molecule has 1 aliphatic rings. The van der Waals surface area contributed by atoms with Crippen LogP contribution in [-0.2, 0) is 11.3 Å². The van der Waals surface area contributed by atoms with Gasteiger partial charge in [-0.15, -0.1) is 0 Å². The van der Waals surface area contributed by atoms with Crippen LogP contribution in [0.25, 0.3) is 0 Å². The van der Waals surface area contributed by atoms with Crippen LogP contribution in [0.5, 0.6) is 0 Å². The number of hydrogen-bond acceptors (Lipinski definition) is 6. The van der Waals surface area contributed by atoms with E-state index in [2.05, 4.69) is 4.98 Å². The first-order valence-corrected chi connectivity index (χ1v) is 6.36. The number of rotatable bonds is 4. The highest BCUT2D eigenvalue weighted by Gasteiger charge is 2.35. The molecule has 3 unspecified atom stereocenters. The molecule has 0 amide bonds. The van der Waals surface area contributed by atoms with E-state index >= 15 is 0 Å². The summed E-state index contributed by atoms with van der Waals surface area (Å²) in [5, 5.41) is 18.8. The van der Waals surface area contributed by atoms with Crippen LogP contribution in [0.1, 0.15) is 18.2 Å². The number of aromatic amines is 1. The lowest BCUT2D eigenvalue weighted by molar-refractivity contribution is -0.0460. The van der Waals surface area contributed by atoms with Gasteiger partial charge in [-0.25, -0.2) is 4.79 Å². The number of aliphatic hydroxyl groups is 2. The number of aromatic nitrogens is 2. The first kappa shape index (κ1) is 14.9. The molecule has 1 aromatic rings. The molecule has 0 bridgehead atoms. The average molecular weight is 285 g/mol. The van der Waals surface area contributed by atoms with Gasteiger partial charge in [0, 0.05) is 24.7 Å². The van der Waals surface area contributed by atoms with E-state index < -0.39 is 29.7 Å². The quantitative estimate of drug-likeness (QED) is 0.605. The zero-order chi connectivity index (χ0) is 14.9. The van der Waals surface area contributed by atoms with Crippen molar-refractivity contribution in [3.8, 4) is 0 Å². The van der Waals surface area contributed by atoms with Crippen LogP contribution in [0.15, 0.2) is 15.8 Å². The van der Waals surface area contributed by atoms with Crippen LogP contribution in [0.4, 0.5) is 0 Å². The van der Waals surface area contributed by atoms with Crippen LogP contribution < -0.4 is 11.2 Å². The maximum absolute atomic E-state index is 11.8. The Morgan fingerprint density at radius 2 is 2.20 bits per heavy atom. The third-order valence-corrected chi connectivity index (χ3v) is 3.22. The minimum atomic E-state index is -0.832. The van der Waals surface area contributed by atoms with Gasteiger partial charge in [0.05, 0.1) is 12.7 Å². The van der Waals surface area contributed by atoms with Crippen molar-refractivity contribution < 1.29 is 14.9 Å². The monoisotopic (exact) mass is 285 g/mol. The third kappa shape index (κ3) is 2.98. The molecule has 8 nitrogen and oxygen atoms in total. The Bertz CT molecular complexity index is 579. The number of nitrogens with zero attached hydrogens (tertiary/aromatic N) is 2. The van der Waals surface area contributed by atoms with E-state index in [1.54, 1.807) is 4.90 Å². The predicted octanol–water partition coefficient (Wildman–Crippen LogP) is -1.76. The second-order valence-corrected chi connectivity index (χ2v) is 5.17. The van der Waals surface area contributed by atoms with Crippen molar-refractivity contribution >= 4 is 0 Å². The minimum absolute atomic E-state index is 0.193. The number of ether oxygens (including phenoxy) is 1. The smallest absolute Gasteiger partial charge is 0.330 e. The topological polar surface area (TPSA) is 108 Å². The number of nitrogens with one attached hydrogen (secondary N) is 1. The van der Waals surface area contributed by atoms with Crippen molar-refractivity contribution in [1.82, 2.24) is 14.5 Å². The van der Waals surface area contributed by atoms with Crippen molar-refractivity contribution in [2.45, 2.75) is 31.4 Å². The summed E-state index contributed by atoms with van der Waals surface area (Å²) >= 11 is 0. The highest BCUT2D eigenvalue weighted by Crippen LogP contribution is 2.27. The second-order valence-electron chi connectivity index (χ2n) is 5.17. The first-order chi connectivity index (χ1) is 9.42. The summed E-state index contributed by atoms with van der Waals surface area (Å²) < 4.78 is 6.67. The molecule has 0 aromatic carbocycles. The van der Waals surface area contributed by atoms with Gasteiger partial charge < -0.3 is 19.8 Å². The Morgan fingerprint density at radius 3 is 2.75 bits per heavy atom. The molecular weight excluding hydrogens is 266 g/mol. The van der Waals surface area contributed by atoms with Gasteiger partial charge in [0.25, 0.3) is 5.56 Å². The first-order valence-electron chi connectivity index (χ1n) is 6.36. The average Bonchev–Trinajstić information content (AvgIpc) is 2.73. The summed E-state index contributed by atoms with van der Waals surface area (Å²) in [6.07, 6.45) is -0.596. The number of H-pyrrole nitrogens is 1. The lowest BCUT2D eigenvalue weighted by atomic mass is 10.2. The molecule has 1 aromatic heterocycles. The summed E-state index contributed by atoms with van der Waals surface area (Å²) in [4.78, 5) is 27.6. The van der Waals surface area contributed by atoms with Crippen LogP contribution in [0.2, 0.25) is 0 Å². The summed E-state index contributed by atoms with van der Waals surface area (Å²) in [5.41, 5.74) is -0.592. The molecule has 112 valence electrons. The molecule has 0 spiro atoms. The van der Waals surface area contributed by atoms with Gasteiger partial charge in [-0.2, -0.15) is 0 Å². The van der Waals surface area contributed by atoms with Crippen LogP contribution >= 0.6 is 0 Å². The molecular formula is C12H19N3O5. The maximum Gasteiger partial charge on any atom is 0.330 e. The van der Waals surface area contributed by atoms with Gasteiger partial charge in [0.1, 0.15) is 12.3 Å². The van der Waals surface area contributed by atoms with Crippen molar-refractivity contribution in [1.29, 1.82) is 0 Å². The highest BCUT2D eigenvalue weighted by molar-refractivity contribution is 5.05. The normalized spacial score (nSPS) is 26.4. The Balaban J connectivity index is 2.33. The molecule has 3 atom stereocenters. The van der Waals surface area contributed by atoms with Crippen molar-refractivity contribution in [3.05, 3.63) is 32.6 Å². The van der Waals surface area contributed by atoms with E-state index in [9.17, 15) is 14.7 Å². The van der Waals surface area contributed by atoms with E-state index in [1.165, 1.54) is 10.8 Å². The van der Waals surface area contributed by atoms with E-state index in [0.29, 0.717) is 12.1 Å². The fourth-order valence-electron chi connectivity index (χ4n) is 2.24. The Kier molecular flexibility index (Phi) is 4.39. The fraction of sp³-hybridized carbons (Fsp3) is 0.667. The lowest BCUT2D eigenvalue weighted by Crippen LogP contribution is -2.35. The Hall–Kier alpha value is -1.48. The van der Waals surface area contributed by atoms with Crippen LogP contribution in [-0.4, -0.2) is 57.6 Å². The molecule has 0 saturated carbocycles. The second kappa shape index (κ2) is 5.88. The molecule has 1 saturated heterocycles. The van der Waals surface area contributed by atoms with Crippen molar-refractivity contribution in [2.24, 2.45) is 0 Å². The summed E-state index contributed by atoms with van der Waals surface area (Å²) in [7, 11) is 3.62. The number of hydrogen-bond donors (Lipinski definition) is 3. The van der Waals surface area contributed by atoms with Gasteiger partial charge in [-0.1, -0.05) is 0 Å². The largest absolute Gasteiger partial charge is 0.394 e. The molecule has 3 N–H and O–H groups in total. The number of aliphatic hydroxyl groups excluding tert-OH is 2. The van der Waals surface area contributed by atoms with Crippen LogP contribution in [0.3, 0.4) is 0 Å². The summed E-state index contributed by atoms with van der Waals surface area (Å²) in [6.45, 7) is 0.0641. The standard InChI is InChI=1S/C12H19N3O5/c1-14(2)4-7-5-15(12(19)13-11(7)18)10-3-8(17)9(6-16)20-10/h5,8-10,16-17H,3-4,6H2,1-2H3,(H,13,18,19). The summed E-state index contributed by atoms with van der Waals surface area (Å²) in [5.74, 6) is 0. The highest BCUT2D eigenvalue weighted by atomic mass is 16.5. The SMILES string of the molecule is CN(C)Cc1cn(C2CC(O)C(CO)O2)c(=O)[nH]c1=O. The van der Waals surface area contributed by atoms with E-state index in [4.69, 9.17) is 9.84 Å². The molecule has 20 heavy (non-hydrogen) atoms. The lowest BCUT2D eigenvalue weighted by Gasteiger charge is -2.16. The third-order valence-electron chi connectivity index (χ3n) is 3.22.